The van der Waals surface area contributed by atoms with Gasteiger partial charge in [-0.1, -0.05) is 35.9 Å². The molecule has 18 heteroatoms. The largest absolute Gasteiger partial charge is 0.490 e. The number of carbonyl (C=O) groups excluding carboxylic acids is 3. The second kappa shape index (κ2) is 18.1. The number of hydrogen-bond acceptors (Lipinski definition) is 10. The van der Waals surface area contributed by atoms with Gasteiger partial charge in [0.2, 0.25) is 11.7 Å². The number of nitrogens with zero attached hydrogens (tertiary/aromatic N) is 5. The van der Waals surface area contributed by atoms with Crippen molar-refractivity contribution < 1.29 is 42.2 Å². The van der Waals surface area contributed by atoms with Gasteiger partial charge in [0.1, 0.15) is 5.60 Å². The third kappa shape index (κ3) is 11.8. The first kappa shape index (κ1) is 41.3. The van der Waals surface area contributed by atoms with Crippen molar-refractivity contribution in [3.8, 4) is 22.5 Å². The van der Waals surface area contributed by atoms with Crippen LogP contribution in [0.3, 0.4) is 0 Å². The van der Waals surface area contributed by atoms with Gasteiger partial charge in [0.05, 0.1) is 16.8 Å². The molecule has 2 heterocycles. The topological polar surface area (TPSA) is 206 Å². The molecular formula is C36H40ClF3N8O6. The molecule has 2 aromatic heterocycles. The number of nitrogens with one attached hydrogen (secondary N) is 2. The van der Waals surface area contributed by atoms with Crippen LogP contribution in [0.4, 0.5) is 23.7 Å². The standard InChI is InChI=1S/C34H39ClN8O4.C2HF3O2/c1-34(2,3)47-33(46)38-19-22-6-10-25(11-7-22)31(44)43(26-14-12-24(13-15-26)30-39-41-42-40-30)32(45)29(36)18-21-4-8-23(9-5-21)27-20-37-17-16-28(27)35;3-2(4,5)1(6)7/h4-5,8-9,12-17,20,22,25,29H,6-7,10-11,18-19,36H2,1-3H3,(H,38,46)(H,39,40,41,42);(H,6,7)/t22-,25-,29-;/m0./s1. The summed E-state index contributed by atoms with van der Waals surface area (Å²) in [4.78, 5) is 54.5. The minimum atomic E-state index is -5.08. The SMILES string of the molecule is CC(C)(C)OC(=O)NC[C@H]1CC[C@H](C(=O)N(C(=O)[C@@H](N)Cc2ccc(-c3cnccc3Cl)cc2)c2ccc(-c3nn[nH]n3)cc2)CC1.O=C(O)C(F)(F)F. The average molecular weight is 773 g/mol. The number of amides is 3. The molecule has 0 unspecified atom stereocenters. The fourth-order valence-electron chi connectivity index (χ4n) is 5.66. The van der Waals surface area contributed by atoms with E-state index in [4.69, 9.17) is 32.0 Å². The van der Waals surface area contributed by atoms with Crippen LogP contribution in [0, 0.1) is 11.8 Å². The number of alkyl carbamates (subject to hydrolysis) is 1. The molecule has 0 radical (unpaired) electrons. The van der Waals surface area contributed by atoms with Gasteiger partial charge in [-0.25, -0.2) is 14.5 Å². The number of tetrazole rings is 1. The number of carbonyl (C=O) groups is 4. The number of pyridine rings is 1. The zero-order chi connectivity index (χ0) is 39.6. The summed E-state index contributed by atoms with van der Waals surface area (Å²) in [6, 6.07) is 15.2. The molecule has 3 amide bonds. The van der Waals surface area contributed by atoms with E-state index < -0.39 is 35.8 Å². The van der Waals surface area contributed by atoms with Crippen LogP contribution >= 0.6 is 11.6 Å². The highest BCUT2D eigenvalue weighted by Gasteiger charge is 2.38. The maximum Gasteiger partial charge on any atom is 0.490 e. The number of ether oxygens (including phenoxy) is 1. The summed E-state index contributed by atoms with van der Waals surface area (Å²) in [6.07, 6.45) is 0.635. The second-order valence-electron chi connectivity index (χ2n) is 13.6. The van der Waals surface area contributed by atoms with Crippen molar-refractivity contribution in [1.29, 1.82) is 0 Å². The Balaban J connectivity index is 0.000000845. The Morgan fingerprint density at radius 3 is 2.15 bits per heavy atom. The van der Waals surface area contributed by atoms with Gasteiger partial charge in [0.25, 0.3) is 5.91 Å². The third-order valence-electron chi connectivity index (χ3n) is 8.35. The Morgan fingerprint density at radius 2 is 1.61 bits per heavy atom. The molecule has 14 nitrogen and oxygen atoms in total. The zero-order valence-electron chi connectivity index (χ0n) is 29.6. The molecule has 0 spiro atoms. The van der Waals surface area contributed by atoms with Gasteiger partial charge in [-0.3, -0.25) is 14.6 Å². The van der Waals surface area contributed by atoms with Crippen LogP contribution in [0.2, 0.25) is 5.02 Å². The number of alkyl halides is 3. The highest BCUT2D eigenvalue weighted by Crippen LogP contribution is 2.33. The molecule has 1 aliphatic rings. The number of aromatic nitrogens is 5. The van der Waals surface area contributed by atoms with Crippen molar-refractivity contribution in [2.45, 2.75) is 70.7 Å². The fraction of sp³-hybridized carbons (Fsp3) is 0.389. The molecule has 0 aliphatic heterocycles. The number of H-pyrrole nitrogens is 1. The van der Waals surface area contributed by atoms with Gasteiger partial charge in [-0.2, -0.15) is 18.4 Å². The number of halogens is 4. The maximum atomic E-state index is 14.1. The maximum absolute atomic E-state index is 14.1. The molecule has 54 heavy (non-hydrogen) atoms. The van der Waals surface area contributed by atoms with Crippen LogP contribution in [-0.4, -0.2) is 79.0 Å². The van der Waals surface area contributed by atoms with E-state index in [-0.39, 0.29) is 24.2 Å². The normalized spacial score (nSPS) is 16.3. The van der Waals surface area contributed by atoms with Crippen LogP contribution in [-0.2, 0) is 25.5 Å². The Kier molecular flexibility index (Phi) is 13.8. The quantitative estimate of drug-likeness (QED) is 0.156. The minimum absolute atomic E-state index is 0.205. The number of benzene rings is 2. The lowest BCUT2D eigenvalue weighted by molar-refractivity contribution is -0.192. The summed E-state index contributed by atoms with van der Waals surface area (Å²) in [6.45, 7) is 5.91. The Labute approximate surface area is 313 Å². The van der Waals surface area contributed by atoms with Gasteiger partial charge < -0.3 is 20.9 Å². The fourth-order valence-corrected chi connectivity index (χ4v) is 5.88. The van der Waals surface area contributed by atoms with Crippen LogP contribution < -0.4 is 16.0 Å². The van der Waals surface area contributed by atoms with Crippen LogP contribution in [0.5, 0.6) is 0 Å². The number of aromatic amines is 1. The van der Waals surface area contributed by atoms with E-state index in [1.165, 1.54) is 4.90 Å². The monoisotopic (exact) mass is 772 g/mol. The number of carboxylic acid groups (broad SMARTS) is 1. The predicted molar refractivity (Wildman–Crippen MR) is 192 cm³/mol. The van der Waals surface area contributed by atoms with Gasteiger partial charge in [0, 0.05) is 36.0 Å². The first-order chi connectivity index (χ1) is 25.4. The average Bonchev–Trinajstić information content (AvgIpc) is 3.66. The number of aliphatic carboxylic acids is 1. The zero-order valence-corrected chi connectivity index (χ0v) is 30.4. The number of hydrogen-bond donors (Lipinski definition) is 4. The summed E-state index contributed by atoms with van der Waals surface area (Å²) in [5, 5.41) is 24.6. The molecule has 2 aromatic carbocycles. The molecule has 5 N–H and O–H groups in total. The van der Waals surface area contributed by atoms with Gasteiger partial charge in [-0.15, -0.1) is 10.2 Å². The van der Waals surface area contributed by atoms with Gasteiger partial charge in [-0.05, 0) is 105 Å². The highest BCUT2D eigenvalue weighted by molar-refractivity contribution is 6.33. The highest BCUT2D eigenvalue weighted by atomic mass is 35.5. The lowest BCUT2D eigenvalue weighted by Crippen LogP contribution is -2.50. The number of anilines is 1. The molecule has 288 valence electrons. The molecule has 0 saturated heterocycles. The second-order valence-corrected chi connectivity index (χ2v) is 14.0. The molecule has 4 aromatic rings. The van der Waals surface area contributed by atoms with Crippen molar-refractivity contribution >= 4 is 41.2 Å². The van der Waals surface area contributed by atoms with E-state index in [9.17, 15) is 27.6 Å². The van der Waals surface area contributed by atoms with Crippen LogP contribution in [0.25, 0.3) is 22.5 Å². The number of rotatable bonds is 9. The molecule has 1 saturated carbocycles. The molecule has 1 fully saturated rings. The van der Waals surface area contributed by atoms with Gasteiger partial charge in [0.15, 0.2) is 0 Å². The summed E-state index contributed by atoms with van der Waals surface area (Å²) >= 11 is 6.33. The summed E-state index contributed by atoms with van der Waals surface area (Å²) in [5.74, 6) is -3.31. The molecule has 1 aliphatic carbocycles. The van der Waals surface area contributed by atoms with E-state index in [1.807, 2.05) is 45.0 Å². The van der Waals surface area contributed by atoms with E-state index in [0.717, 1.165) is 29.5 Å². The molecule has 1 atom stereocenters. The summed E-state index contributed by atoms with van der Waals surface area (Å²) in [5.41, 5.74) is 9.56. The number of imide groups is 1. The minimum Gasteiger partial charge on any atom is -0.475 e. The summed E-state index contributed by atoms with van der Waals surface area (Å²) in [7, 11) is 0. The van der Waals surface area contributed by atoms with Crippen molar-refractivity contribution in [3.63, 3.8) is 0 Å². The van der Waals surface area contributed by atoms with E-state index in [0.29, 0.717) is 41.5 Å². The van der Waals surface area contributed by atoms with Crippen molar-refractivity contribution in [2.75, 3.05) is 11.4 Å². The first-order valence-corrected chi connectivity index (χ1v) is 17.2. The predicted octanol–water partition coefficient (Wildman–Crippen LogP) is 5.98. The Morgan fingerprint density at radius 1 is 1.00 bits per heavy atom. The van der Waals surface area contributed by atoms with Crippen molar-refractivity contribution in [2.24, 2.45) is 17.6 Å². The van der Waals surface area contributed by atoms with Gasteiger partial charge >= 0.3 is 18.2 Å². The number of carboxylic acids is 1. The lowest BCUT2D eigenvalue weighted by Gasteiger charge is -2.32. The third-order valence-corrected chi connectivity index (χ3v) is 8.68. The Hall–Kier alpha value is -5.42. The molecule has 5 rings (SSSR count). The van der Waals surface area contributed by atoms with Crippen molar-refractivity contribution in [3.05, 3.63) is 77.6 Å². The Bertz CT molecular complexity index is 1880. The summed E-state index contributed by atoms with van der Waals surface area (Å²) < 4.78 is 37.1. The van der Waals surface area contributed by atoms with E-state index >= 15 is 0 Å². The smallest absolute Gasteiger partial charge is 0.475 e. The van der Waals surface area contributed by atoms with E-state index in [1.54, 1.807) is 42.7 Å². The van der Waals surface area contributed by atoms with Crippen molar-refractivity contribution in [1.82, 2.24) is 30.9 Å². The number of nitrogens with two attached hydrogens (primary N) is 1. The molecule has 0 bridgehead atoms. The molecular weight excluding hydrogens is 733 g/mol. The lowest BCUT2D eigenvalue weighted by atomic mass is 9.81. The van der Waals surface area contributed by atoms with Crippen LogP contribution in [0.1, 0.15) is 52.0 Å². The van der Waals surface area contributed by atoms with E-state index in [2.05, 4.69) is 30.9 Å². The first-order valence-electron chi connectivity index (χ1n) is 16.9. The van der Waals surface area contributed by atoms with Crippen LogP contribution in [0.15, 0.2) is 67.0 Å².